The van der Waals surface area contributed by atoms with Gasteiger partial charge in [-0.25, -0.2) is 0 Å². The minimum absolute atomic E-state index is 0.226. The Bertz CT molecular complexity index is 350. The maximum atomic E-state index is 10.3. The maximum Gasteiger partial charge on any atom is 0.0658 e. The molecule has 1 aromatic rings. The molecule has 2 nitrogen and oxygen atoms in total. The lowest BCUT2D eigenvalue weighted by Crippen LogP contribution is -2.32. The normalized spacial score (nSPS) is 12.9. The van der Waals surface area contributed by atoms with Gasteiger partial charge in [0.1, 0.15) is 0 Å². The number of para-hydroxylation sites is 1. The van der Waals surface area contributed by atoms with Crippen molar-refractivity contribution in [1.82, 2.24) is 0 Å². The van der Waals surface area contributed by atoms with Crippen LogP contribution in [0.5, 0.6) is 0 Å². The minimum atomic E-state index is -0.330. The van der Waals surface area contributed by atoms with E-state index in [1.807, 2.05) is 30.3 Å². The minimum Gasteiger partial charge on any atom is -0.288 e. The van der Waals surface area contributed by atoms with Crippen LogP contribution in [0.3, 0.4) is 0 Å². The summed E-state index contributed by atoms with van der Waals surface area (Å²) in [6.45, 7) is 13.6. The van der Waals surface area contributed by atoms with E-state index in [9.17, 15) is 5.21 Å². The highest BCUT2D eigenvalue weighted by Gasteiger charge is 2.35. The summed E-state index contributed by atoms with van der Waals surface area (Å²) in [5.41, 5.74) is 0.874. The Hall–Kier alpha value is -0.590. The summed E-state index contributed by atoms with van der Waals surface area (Å²) in [6.07, 6.45) is 0.715. The third-order valence-corrected chi connectivity index (χ3v) is 6.74. The highest BCUT2D eigenvalue weighted by molar-refractivity contribution is 7.60. The van der Waals surface area contributed by atoms with E-state index in [0.717, 1.165) is 5.69 Å². The Kier molecular flexibility index (Phi) is 4.80. The van der Waals surface area contributed by atoms with Crippen LogP contribution in [-0.2, 0) is 0 Å². The molecule has 0 unspecified atom stereocenters. The van der Waals surface area contributed by atoms with Crippen LogP contribution in [-0.4, -0.2) is 21.8 Å². The fourth-order valence-corrected chi connectivity index (χ4v) is 5.54. The van der Waals surface area contributed by atoms with E-state index in [1.165, 1.54) is 5.06 Å². The van der Waals surface area contributed by atoms with Gasteiger partial charge in [0.05, 0.1) is 12.0 Å². The van der Waals surface area contributed by atoms with Crippen LogP contribution < -0.4 is 5.06 Å². The van der Waals surface area contributed by atoms with Crippen molar-refractivity contribution in [3.8, 4) is 0 Å². The number of hydrogen-bond acceptors (Lipinski definition) is 2. The standard InChI is InChI=1S/C15H26NOP/c1-14(2,3)18(15(4,5)6)12-16(17)13-10-8-7-9-11-13/h7-11,17H,12H2,1-6H3. The van der Waals surface area contributed by atoms with Gasteiger partial charge in [0.2, 0.25) is 0 Å². The second kappa shape index (κ2) is 5.59. The van der Waals surface area contributed by atoms with Crippen LogP contribution >= 0.6 is 7.92 Å². The summed E-state index contributed by atoms with van der Waals surface area (Å²) in [5.74, 6) is 0. The summed E-state index contributed by atoms with van der Waals surface area (Å²) < 4.78 is 0. The molecule has 1 rings (SSSR count). The summed E-state index contributed by atoms with van der Waals surface area (Å²) in [6, 6.07) is 9.76. The first kappa shape index (κ1) is 15.5. The molecule has 0 amide bonds. The molecular weight excluding hydrogens is 241 g/mol. The average molecular weight is 267 g/mol. The Labute approximate surface area is 113 Å². The fraction of sp³-hybridized carbons (Fsp3) is 0.600. The van der Waals surface area contributed by atoms with Crippen molar-refractivity contribution < 1.29 is 5.21 Å². The van der Waals surface area contributed by atoms with Crippen LogP contribution in [0, 0.1) is 0 Å². The lowest BCUT2D eigenvalue weighted by Gasteiger charge is -2.43. The Balaban J connectivity index is 2.86. The van der Waals surface area contributed by atoms with Crippen molar-refractivity contribution in [1.29, 1.82) is 0 Å². The average Bonchev–Trinajstić information content (AvgIpc) is 2.23. The predicted octanol–water partition coefficient (Wildman–Crippen LogP) is 4.92. The van der Waals surface area contributed by atoms with E-state index in [2.05, 4.69) is 41.5 Å². The second-order valence-corrected chi connectivity index (χ2v) is 10.5. The Morgan fingerprint density at radius 2 is 1.39 bits per heavy atom. The topological polar surface area (TPSA) is 23.5 Å². The monoisotopic (exact) mass is 267 g/mol. The highest BCUT2D eigenvalue weighted by Crippen LogP contribution is 2.59. The van der Waals surface area contributed by atoms with Crippen LogP contribution in [0.15, 0.2) is 30.3 Å². The summed E-state index contributed by atoms with van der Waals surface area (Å²) >= 11 is 0. The number of hydrogen-bond donors (Lipinski definition) is 1. The molecule has 0 aliphatic heterocycles. The van der Waals surface area contributed by atoms with E-state index in [1.54, 1.807) is 0 Å². The molecule has 0 aliphatic rings. The van der Waals surface area contributed by atoms with Gasteiger partial charge in [-0.1, -0.05) is 67.7 Å². The van der Waals surface area contributed by atoms with Gasteiger partial charge in [0, 0.05) is 0 Å². The quantitative estimate of drug-likeness (QED) is 0.620. The molecular formula is C15H26NOP. The van der Waals surface area contributed by atoms with Crippen molar-refractivity contribution in [3.63, 3.8) is 0 Å². The van der Waals surface area contributed by atoms with E-state index in [-0.39, 0.29) is 18.2 Å². The number of benzene rings is 1. The van der Waals surface area contributed by atoms with Crippen LogP contribution in [0.25, 0.3) is 0 Å². The molecule has 0 spiro atoms. The maximum absolute atomic E-state index is 10.3. The molecule has 1 N–H and O–H groups in total. The first-order valence-corrected chi connectivity index (χ1v) is 7.94. The molecule has 1 aromatic carbocycles. The van der Waals surface area contributed by atoms with Gasteiger partial charge in [0.15, 0.2) is 0 Å². The molecule has 0 atom stereocenters. The Morgan fingerprint density at radius 1 is 0.944 bits per heavy atom. The van der Waals surface area contributed by atoms with E-state index in [4.69, 9.17) is 0 Å². The lowest BCUT2D eigenvalue weighted by atomic mass is 10.2. The van der Waals surface area contributed by atoms with Crippen molar-refractivity contribution >= 4 is 13.6 Å². The summed E-state index contributed by atoms with van der Waals surface area (Å²) in [5, 5.41) is 12.1. The molecule has 0 radical (unpaired) electrons. The highest BCUT2D eigenvalue weighted by atomic mass is 31.1. The molecule has 0 saturated carbocycles. The molecule has 0 fully saturated rings. The molecule has 0 bridgehead atoms. The zero-order valence-electron chi connectivity index (χ0n) is 12.4. The van der Waals surface area contributed by atoms with Gasteiger partial charge in [0.25, 0.3) is 0 Å². The van der Waals surface area contributed by atoms with Gasteiger partial charge in [-0.05, 0) is 22.4 Å². The van der Waals surface area contributed by atoms with Crippen molar-refractivity contribution in [2.45, 2.75) is 51.9 Å². The first-order chi connectivity index (χ1) is 8.12. The summed E-state index contributed by atoms with van der Waals surface area (Å²) in [4.78, 5) is 0. The lowest BCUT2D eigenvalue weighted by molar-refractivity contribution is 0.271. The molecule has 0 heterocycles. The molecule has 0 aliphatic carbocycles. The fourth-order valence-electron chi connectivity index (χ4n) is 2.25. The van der Waals surface area contributed by atoms with Gasteiger partial charge in [-0.3, -0.25) is 10.3 Å². The third kappa shape index (κ3) is 4.26. The van der Waals surface area contributed by atoms with Gasteiger partial charge in [-0.15, -0.1) is 0 Å². The van der Waals surface area contributed by atoms with Gasteiger partial charge >= 0.3 is 0 Å². The van der Waals surface area contributed by atoms with E-state index in [0.29, 0.717) is 6.29 Å². The van der Waals surface area contributed by atoms with Gasteiger partial charge in [-0.2, -0.15) is 0 Å². The second-order valence-electron chi connectivity index (χ2n) is 6.65. The predicted molar refractivity (Wildman–Crippen MR) is 82.0 cm³/mol. The molecule has 3 heteroatoms. The van der Waals surface area contributed by atoms with Crippen molar-refractivity contribution in [2.75, 3.05) is 11.3 Å². The Morgan fingerprint density at radius 3 is 1.78 bits per heavy atom. The molecule has 0 aromatic heterocycles. The SMILES string of the molecule is CC(C)(C)P(CN(O)c1ccccc1)C(C)(C)C. The third-order valence-electron chi connectivity index (χ3n) is 2.95. The molecule has 102 valence electrons. The number of anilines is 1. The zero-order chi connectivity index (χ0) is 14.0. The van der Waals surface area contributed by atoms with Gasteiger partial charge < -0.3 is 0 Å². The van der Waals surface area contributed by atoms with Crippen LogP contribution in [0.4, 0.5) is 5.69 Å². The molecule has 0 saturated heterocycles. The largest absolute Gasteiger partial charge is 0.288 e. The summed E-state index contributed by atoms with van der Waals surface area (Å²) in [7, 11) is -0.330. The number of nitrogens with zero attached hydrogens (tertiary/aromatic N) is 1. The zero-order valence-corrected chi connectivity index (χ0v) is 13.3. The molecule has 18 heavy (non-hydrogen) atoms. The first-order valence-electron chi connectivity index (χ1n) is 6.41. The number of hydroxylamine groups is 1. The van der Waals surface area contributed by atoms with E-state index >= 15 is 0 Å². The smallest absolute Gasteiger partial charge is 0.0658 e. The van der Waals surface area contributed by atoms with Crippen molar-refractivity contribution in [3.05, 3.63) is 30.3 Å². The van der Waals surface area contributed by atoms with Crippen LogP contribution in [0.2, 0.25) is 0 Å². The van der Waals surface area contributed by atoms with E-state index < -0.39 is 0 Å². The van der Waals surface area contributed by atoms with Crippen molar-refractivity contribution in [2.24, 2.45) is 0 Å². The van der Waals surface area contributed by atoms with Crippen LogP contribution in [0.1, 0.15) is 41.5 Å². The number of rotatable bonds is 3.